The summed E-state index contributed by atoms with van der Waals surface area (Å²) in [6.07, 6.45) is 0.137. The van der Waals surface area contributed by atoms with E-state index in [2.05, 4.69) is 20.7 Å². The van der Waals surface area contributed by atoms with Gasteiger partial charge in [-0.2, -0.15) is 0 Å². The van der Waals surface area contributed by atoms with Gasteiger partial charge in [0.1, 0.15) is 0 Å². The largest absolute Gasteiger partial charge is 0.467 e. The summed E-state index contributed by atoms with van der Waals surface area (Å²) in [6, 6.07) is 0. The summed E-state index contributed by atoms with van der Waals surface area (Å²) < 4.78 is 9.15. The lowest BCUT2D eigenvalue weighted by atomic mass is 9.98. The number of carbonyl (C=O) groups is 2. The van der Waals surface area contributed by atoms with E-state index in [1.807, 2.05) is 0 Å². The van der Waals surface area contributed by atoms with Gasteiger partial charge in [0.2, 0.25) is 5.54 Å². The number of rotatable bonds is 5. The minimum atomic E-state index is -1.70. The molecule has 0 aliphatic heterocycles. The number of ether oxygens (including phenoxy) is 2. The number of nitrogens with two attached hydrogens (primary N) is 1. The molecule has 14 heavy (non-hydrogen) atoms. The van der Waals surface area contributed by atoms with E-state index in [9.17, 15) is 9.59 Å². The van der Waals surface area contributed by atoms with E-state index in [-0.39, 0.29) is 13.0 Å². The van der Waals surface area contributed by atoms with Crippen molar-refractivity contribution in [1.29, 1.82) is 0 Å². The molecule has 0 saturated carbocycles. The average molecular weight is 268 g/mol. The van der Waals surface area contributed by atoms with Gasteiger partial charge in [-0.05, 0) is 13.3 Å². The van der Waals surface area contributed by atoms with Crippen LogP contribution in [0.1, 0.15) is 13.3 Å². The monoisotopic (exact) mass is 267 g/mol. The molecule has 0 fully saturated rings. The van der Waals surface area contributed by atoms with Crippen molar-refractivity contribution in [3.05, 3.63) is 0 Å². The molecule has 6 heteroatoms. The van der Waals surface area contributed by atoms with Crippen LogP contribution in [0.2, 0.25) is 0 Å². The smallest absolute Gasteiger partial charge is 0.337 e. The van der Waals surface area contributed by atoms with E-state index >= 15 is 0 Å². The molecule has 0 saturated heterocycles. The molecular formula is C8H14BrNO4. The Kier molecular flexibility index (Phi) is 5.71. The van der Waals surface area contributed by atoms with Gasteiger partial charge in [-0.1, -0.05) is 15.9 Å². The highest BCUT2D eigenvalue weighted by Crippen LogP contribution is 2.13. The van der Waals surface area contributed by atoms with Gasteiger partial charge in [0, 0.05) is 5.33 Å². The third kappa shape index (κ3) is 2.95. The molecule has 0 aromatic carbocycles. The molecular weight excluding hydrogens is 254 g/mol. The summed E-state index contributed by atoms with van der Waals surface area (Å²) in [5, 5.41) is 0.414. The molecule has 0 bridgehead atoms. The molecule has 0 aliphatic rings. The van der Waals surface area contributed by atoms with Crippen molar-refractivity contribution in [2.24, 2.45) is 5.73 Å². The van der Waals surface area contributed by atoms with Gasteiger partial charge >= 0.3 is 11.9 Å². The minimum Gasteiger partial charge on any atom is -0.467 e. The van der Waals surface area contributed by atoms with Gasteiger partial charge in [-0.3, -0.25) is 0 Å². The topological polar surface area (TPSA) is 78.6 Å². The molecule has 5 nitrogen and oxygen atoms in total. The van der Waals surface area contributed by atoms with Crippen LogP contribution in [0.5, 0.6) is 0 Å². The maximum absolute atomic E-state index is 11.4. The first-order valence-corrected chi connectivity index (χ1v) is 5.25. The summed E-state index contributed by atoms with van der Waals surface area (Å²) in [6.45, 7) is 1.82. The van der Waals surface area contributed by atoms with E-state index in [0.29, 0.717) is 5.33 Å². The second kappa shape index (κ2) is 5.98. The maximum Gasteiger partial charge on any atom is 0.337 e. The van der Waals surface area contributed by atoms with Gasteiger partial charge in [-0.15, -0.1) is 0 Å². The third-order valence-electron chi connectivity index (χ3n) is 1.68. The Morgan fingerprint density at radius 1 is 1.43 bits per heavy atom. The number of hydrogen-bond donors (Lipinski definition) is 1. The first-order chi connectivity index (χ1) is 6.52. The Bertz CT molecular complexity index is 221. The number of alkyl halides is 1. The highest BCUT2D eigenvalue weighted by atomic mass is 79.9. The van der Waals surface area contributed by atoms with Crippen LogP contribution in [0.3, 0.4) is 0 Å². The zero-order chi connectivity index (χ0) is 11.2. The average Bonchev–Trinajstić information content (AvgIpc) is 2.17. The van der Waals surface area contributed by atoms with Gasteiger partial charge in [-0.25, -0.2) is 9.59 Å². The fraction of sp³-hybridized carbons (Fsp3) is 0.750. The van der Waals surface area contributed by atoms with Gasteiger partial charge in [0.05, 0.1) is 13.7 Å². The number of halogens is 1. The van der Waals surface area contributed by atoms with Crippen molar-refractivity contribution >= 4 is 27.9 Å². The summed E-state index contributed by atoms with van der Waals surface area (Å²) in [5.74, 6) is -1.54. The van der Waals surface area contributed by atoms with Crippen LogP contribution in [0.25, 0.3) is 0 Å². The van der Waals surface area contributed by atoms with Crippen LogP contribution in [0.4, 0.5) is 0 Å². The van der Waals surface area contributed by atoms with E-state index < -0.39 is 17.5 Å². The molecule has 0 aliphatic carbocycles. The Morgan fingerprint density at radius 3 is 2.36 bits per heavy atom. The fourth-order valence-corrected chi connectivity index (χ4v) is 1.50. The Hall–Kier alpha value is -0.620. The fourth-order valence-electron chi connectivity index (χ4n) is 0.879. The van der Waals surface area contributed by atoms with Crippen molar-refractivity contribution in [1.82, 2.24) is 0 Å². The zero-order valence-corrected chi connectivity index (χ0v) is 9.80. The van der Waals surface area contributed by atoms with E-state index in [1.54, 1.807) is 6.92 Å². The van der Waals surface area contributed by atoms with Crippen molar-refractivity contribution in [3.8, 4) is 0 Å². The second-order valence-electron chi connectivity index (χ2n) is 2.62. The third-order valence-corrected chi connectivity index (χ3v) is 2.07. The quantitative estimate of drug-likeness (QED) is 0.438. The van der Waals surface area contributed by atoms with E-state index in [1.165, 1.54) is 7.11 Å². The van der Waals surface area contributed by atoms with Crippen LogP contribution in [0.15, 0.2) is 0 Å². The van der Waals surface area contributed by atoms with Crippen molar-refractivity contribution in [2.45, 2.75) is 18.9 Å². The van der Waals surface area contributed by atoms with Crippen molar-refractivity contribution < 1.29 is 19.1 Å². The Balaban J connectivity index is 4.69. The van der Waals surface area contributed by atoms with Crippen LogP contribution in [-0.2, 0) is 19.1 Å². The molecule has 1 unspecified atom stereocenters. The summed E-state index contributed by atoms with van der Waals surface area (Å²) in [5.41, 5.74) is 3.91. The number of esters is 2. The van der Waals surface area contributed by atoms with Gasteiger partial charge in [0.15, 0.2) is 0 Å². The molecule has 82 valence electrons. The highest BCUT2D eigenvalue weighted by Gasteiger charge is 2.44. The van der Waals surface area contributed by atoms with Gasteiger partial charge < -0.3 is 15.2 Å². The number of hydrogen-bond acceptors (Lipinski definition) is 5. The van der Waals surface area contributed by atoms with Crippen LogP contribution < -0.4 is 5.73 Å². The second-order valence-corrected chi connectivity index (χ2v) is 3.42. The highest BCUT2D eigenvalue weighted by molar-refractivity contribution is 9.09. The summed E-state index contributed by atoms with van der Waals surface area (Å²) in [4.78, 5) is 22.7. The molecule has 0 spiro atoms. The lowest BCUT2D eigenvalue weighted by molar-refractivity contribution is -0.162. The molecule has 0 radical (unpaired) electrons. The predicted octanol–water partition coefficient (Wildman–Crippen LogP) is 0.205. The molecule has 2 N–H and O–H groups in total. The number of methoxy groups -OCH3 is 1. The molecule has 0 aromatic heterocycles. The molecule has 0 aromatic rings. The minimum absolute atomic E-state index is 0.137. The first-order valence-electron chi connectivity index (χ1n) is 4.13. The normalized spacial score (nSPS) is 14.3. The van der Waals surface area contributed by atoms with Crippen LogP contribution in [-0.4, -0.2) is 36.5 Å². The number of carbonyl (C=O) groups excluding carboxylic acids is 2. The Morgan fingerprint density at radius 2 is 2.00 bits per heavy atom. The van der Waals surface area contributed by atoms with Crippen molar-refractivity contribution in [2.75, 3.05) is 19.0 Å². The zero-order valence-electron chi connectivity index (χ0n) is 8.21. The maximum atomic E-state index is 11.4. The SMILES string of the molecule is CCOC(=O)C(N)(CCBr)C(=O)OC. The van der Waals surface area contributed by atoms with Crippen molar-refractivity contribution in [3.63, 3.8) is 0 Å². The Labute approximate surface area is 91.1 Å². The first kappa shape index (κ1) is 13.4. The lowest BCUT2D eigenvalue weighted by Gasteiger charge is -2.22. The molecule has 0 amide bonds. The molecule has 1 atom stereocenters. The van der Waals surface area contributed by atoms with E-state index in [4.69, 9.17) is 10.5 Å². The van der Waals surface area contributed by atoms with Crippen LogP contribution >= 0.6 is 15.9 Å². The van der Waals surface area contributed by atoms with Gasteiger partial charge in [0.25, 0.3) is 0 Å². The standard InChI is InChI=1S/C8H14BrNO4/c1-3-14-7(12)8(10,4-5-9)6(11)13-2/h3-5,10H2,1-2H3. The lowest BCUT2D eigenvalue weighted by Crippen LogP contribution is -2.56. The summed E-state index contributed by atoms with van der Waals surface area (Å²) >= 11 is 3.11. The van der Waals surface area contributed by atoms with E-state index in [0.717, 1.165) is 0 Å². The molecule has 0 heterocycles. The van der Waals surface area contributed by atoms with Crippen LogP contribution in [0, 0.1) is 0 Å². The molecule has 0 rings (SSSR count). The summed E-state index contributed by atoms with van der Waals surface area (Å²) in [7, 11) is 1.18. The predicted molar refractivity (Wildman–Crippen MR) is 54.0 cm³/mol.